The molecule has 0 atom stereocenters. The molecule has 0 aliphatic rings. The van der Waals surface area contributed by atoms with Crippen LogP contribution in [0.2, 0.25) is 0 Å². The first-order chi connectivity index (χ1) is 10.3. The average molecular weight is 313 g/mol. The monoisotopic (exact) mass is 313 g/mol. The van der Waals surface area contributed by atoms with Gasteiger partial charge in [-0.25, -0.2) is 4.79 Å². The highest BCUT2D eigenvalue weighted by atomic mass is 19.4. The lowest BCUT2D eigenvalue weighted by Crippen LogP contribution is -2.17. The van der Waals surface area contributed by atoms with E-state index in [4.69, 9.17) is 0 Å². The van der Waals surface area contributed by atoms with Crippen molar-refractivity contribution in [2.45, 2.75) is 6.36 Å². The van der Waals surface area contributed by atoms with Gasteiger partial charge in [0, 0.05) is 17.8 Å². The van der Waals surface area contributed by atoms with Crippen molar-refractivity contribution in [2.75, 3.05) is 7.11 Å². The summed E-state index contributed by atoms with van der Waals surface area (Å²) >= 11 is 0. The molecule has 8 heteroatoms. The average Bonchev–Trinajstić information content (AvgIpc) is 2.46. The van der Waals surface area contributed by atoms with Crippen LogP contribution in [0.15, 0.2) is 41.3 Å². The number of hydrogen-bond acceptors (Lipinski definition) is 4. The molecule has 0 amide bonds. The summed E-state index contributed by atoms with van der Waals surface area (Å²) in [6.07, 6.45) is -3.50. The number of ether oxygens (including phenoxy) is 2. The van der Waals surface area contributed by atoms with Crippen molar-refractivity contribution in [2.24, 2.45) is 0 Å². The Labute approximate surface area is 122 Å². The Morgan fingerprint density at radius 3 is 2.36 bits per heavy atom. The highest BCUT2D eigenvalue weighted by Crippen LogP contribution is 2.27. The van der Waals surface area contributed by atoms with Crippen LogP contribution in [-0.2, 0) is 4.74 Å². The van der Waals surface area contributed by atoms with Crippen LogP contribution in [0.3, 0.4) is 0 Å². The maximum Gasteiger partial charge on any atom is 0.573 e. The Bertz CT molecular complexity index is 735. The third-order valence-corrected chi connectivity index (χ3v) is 2.73. The summed E-state index contributed by atoms with van der Waals surface area (Å²) in [4.78, 5) is 25.4. The number of carbonyl (C=O) groups excluding carboxylic acids is 1. The number of H-pyrrole nitrogens is 1. The number of aromatic amines is 1. The normalized spacial score (nSPS) is 11.1. The maximum atomic E-state index is 12.1. The number of nitrogens with one attached hydrogen (secondary N) is 1. The molecule has 1 heterocycles. The second-order valence-electron chi connectivity index (χ2n) is 4.19. The van der Waals surface area contributed by atoms with Gasteiger partial charge in [0.2, 0.25) is 5.56 Å². The molecule has 0 saturated heterocycles. The zero-order chi connectivity index (χ0) is 16.3. The van der Waals surface area contributed by atoms with Crippen molar-refractivity contribution >= 4 is 5.97 Å². The molecule has 0 radical (unpaired) electrons. The summed E-state index contributed by atoms with van der Waals surface area (Å²) in [6.45, 7) is 0. The van der Waals surface area contributed by atoms with E-state index in [1.54, 1.807) is 0 Å². The predicted octanol–water partition coefficient (Wildman–Crippen LogP) is 2.73. The number of alkyl halides is 3. The molecule has 5 nitrogen and oxygen atoms in total. The van der Waals surface area contributed by atoms with E-state index < -0.39 is 17.9 Å². The molecule has 116 valence electrons. The Balaban J connectivity index is 2.40. The molecule has 0 saturated carbocycles. The summed E-state index contributed by atoms with van der Waals surface area (Å²) in [6, 6.07) is 5.94. The number of methoxy groups -OCH3 is 1. The second-order valence-corrected chi connectivity index (χ2v) is 4.19. The zero-order valence-electron chi connectivity index (χ0n) is 11.2. The van der Waals surface area contributed by atoms with Gasteiger partial charge in [-0.05, 0) is 17.7 Å². The van der Waals surface area contributed by atoms with Crippen LogP contribution in [-0.4, -0.2) is 24.4 Å². The standard InChI is InChI=1S/C14H10F3NO4/c1-21-13(20)10-6-12(19)18-7-11(10)8-2-4-9(5-3-8)22-14(15,16)17/h2-7H,1H3,(H,18,19). The van der Waals surface area contributed by atoms with Crippen LogP contribution in [0.1, 0.15) is 10.4 Å². The summed E-state index contributed by atoms with van der Waals surface area (Å²) in [5.41, 5.74) is 0.257. The SMILES string of the molecule is COC(=O)c1cc(=O)[nH]cc1-c1ccc(OC(F)(F)F)cc1. The van der Waals surface area contributed by atoms with Crippen molar-refractivity contribution in [3.05, 3.63) is 52.4 Å². The minimum Gasteiger partial charge on any atom is -0.465 e. The number of pyridine rings is 1. The summed E-state index contributed by atoms with van der Waals surface area (Å²) in [5.74, 6) is -1.11. The van der Waals surface area contributed by atoms with Gasteiger partial charge in [-0.15, -0.1) is 13.2 Å². The lowest BCUT2D eigenvalue weighted by atomic mass is 10.0. The van der Waals surface area contributed by atoms with Gasteiger partial charge in [-0.1, -0.05) is 12.1 Å². The zero-order valence-corrected chi connectivity index (χ0v) is 11.2. The molecule has 1 aromatic carbocycles. The number of rotatable bonds is 3. The van der Waals surface area contributed by atoms with Gasteiger partial charge in [0.05, 0.1) is 12.7 Å². The topological polar surface area (TPSA) is 68.4 Å². The van der Waals surface area contributed by atoms with E-state index in [2.05, 4.69) is 14.5 Å². The van der Waals surface area contributed by atoms with Gasteiger partial charge in [-0.2, -0.15) is 0 Å². The van der Waals surface area contributed by atoms with E-state index >= 15 is 0 Å². The van der Waals surface area contributed by atoms with Crippen molar-refractivity contribution in [3.63, 3.8) is 0 Å². The van der Waals surface area contributed by atoms with Crippen LogP contribution in [0, 0.1) is 0 Å². The Hall–Kier alpha value is -2.77. The van der Waals surface area contributed by atoms with Gasteiger partial charge >= 0.3 is 12.3 Å². The number of esters is 1. The maximum absolute atomic E-state index is 12.1. The van der Waals surface area contributed by atoms with Crippen molar-refractivity contribution in [1.82, 2.24) is 4.98 Å². The first kappa shape index (κ1) is 15.6. The molecule has 0 spiro atoms. The molecule has 22 heavy (non-hydrogen) atoms. The van der Waals surface area contributed by atoms with Crippen LogP contribution in [0.4, 0.5) is 13.2 Å². The summed E-state index contributed by atoms with van der Waals surface area (Å²) in [7, 11) is 1.16. The fourth-order valence-electron chi connectivity index (χ4n) is 1.83. The number of carbonyl (C=O) groups is 1. The number of halogens is 3. The van der Waals surface area contributed by atoms with Crippen molar-refractivity contribution in [1.29, 1.82) is 0 Å². The van der Waals surface area contributed by atoms with Crippen LogP contribution in [0.5, 0.6) is 5.75 Å². The molecule has 1 N–H and O–H groups in total. The highest BCUT2D eigenvalue weighted by Gasteiger charge is 2.31. The van der Waals surface area contributed by atoms with Crippen LogP contribution in [0.25, 0.3) is 11.1 Å². The van der Waals surface area contributed by atoms with E-state index in [9.17, 15) is 22.8 Å². The van der Waals surface area contributed by atoms with E-state index in [0.717, 1.165) is 25.3 Å². The Morgan fingerprint density at radius 2 is 1.82 bits per heavy atom. The van der Waals surface area contributed by atoms with Gasteiger partial charge < -0.3 is 14.5 Å². The number of aromatic nitrogens is 1. The molecule has 0 bridgehead atoms. The molecular weight excluding hydrogens is 303 g/mol. The van der Waals surface area contributed by atoms with Crippen LogP contribution >= 0.6 is 0 Å². The summed E-state index contributed by atoms with van der Waals surface area (Å²) in [5, 5.41) is 0. The van der Waals surface area contributed by atoms with Crippen molar-refractivity contribution in [3.8, 4) is 16.9 Å². The molecule has 0 fully saturated rings. The van der Waals surface area contributed by atoms with E-state index in [0.29, 0.717) is 11.1 Å². The lowest BCUT2D eigenvalue weighted by molar-refractivity contribution is -0.274. The number of hydrogen-bond donors (Lipinski definition) is 1. The molecule has 0 aliphatic heterocycles. The molecule has 1 aromatic heterocycles. The quantitative estimate of drug-likeness (QED) is 0.885. The van der Waals surface area contributed by atoms with Crippen LogP contribution < -0.4 is 10.3 Å². The van der Waals surface area contributed by atoms with E-state index in [1.807, 2.05) is 0 Å². The smallest absolute Gasteiger partial charge is 0.465 e. The minimum absolute atomic E-state index is 0.00994. The first-order valence-electron chi connectivity index (χ1n) is 5.97. The third kappa shape index (κ3) is 3.66. The third-order valence-electron chi connectivity index (χ3n) is 2.73. The molecule has 0 aliphatic carbocycles. The lowest BCUT2D eigenvalue weighted by Gasteiger charge is -2.10. The number of benzene rings is 1. The predicted molar refractivity (Wildman–Crippen MR) is 70.5 cm³/mol. The molecule has 0 unspecified atom stereocenters. The Morgan fingerprint density at radius 1 is 1.18 bits per heavy atom. The fourth-order valence-corrected chi connectivity index (χ4v) is 1.83. The highest BCUT2D eigenvalue weighted by molar-refractivity contribution is 5.96. The van der Waals surface area contributed by atoms with Gasteiger partial charge in [0.15, 0.2) is 0 Å². The summed E-state index contributed by atoms with van der Waals surface area (Å²) < 4.78 is 44.6. The van der Waals surface area contributed by atoms with E-state index in [1.165, 1.54) is 18.3 Å². The van der Waals surface area contributed by atoms with Gasteiger partial charge in [0.1, 0.15) is 5.75 Å². The molecule has 2 rings (SSSR count). The Kier molecular flexibility index (Phi) is 4.20. The fraction of sp³-hybridized carbons (Fsp3) is 0.143. The van der Waals surface area contributed by atoms with E-state index in [-0.39, 0.29) is 11.3 Å². The molecule has 2 aromatic rings. The largest absolute Gasteiger partial charge is 0.573 e. The minimum atomic E-state index is -4.78. The first-order valence-corrected chi connectivity index (χ1v) is 5.97. The van der Waals surface area contributed by atoms with Crippen molar-refractivity contribution < 1.29 is 27.4 Å². The second kappa shape index (κ2) is 5.92. The van der Waals surface area contributed by atoms with Gasteiger partial charge in [-0.3, -0.25) is 4.79 Å². The molecular formula is C14H10F3NO4. The van der Waals surface area contributed by atoms with Gasteiger partial charge in [0.25, 0.3) is 0 Å².